The summed E-state index contributed by atoms with van der Waals surface area (Å²) in [4.78, 5) is 16.4. The van der Waals surface area contributed by atoms with Gasteiger partial charge in [-0.05, 0) is 42.8 Å². The van der Waals surface area contributed by atoms with Gasteiger partial charge >= 0.3 is 0 Å². The van der Waals surface area contributed by atoms with Crippen molar-refractivity contribution < 1.29 is 13.6 Å². The molecule has 1 atom stereocenters. The maximum atomic E-state index is 13.3. The highest BCUT2D eigenvalue weighted by Crippen LogP contribution is 2.23. The van der Waals surface area contributed by atoms with Gasteiger partial charge in [-0.15, -0.1) is 0 Å². The Labute approximate surface area is 151 Å². The second-order valence-electron chi connectivity index (χ2n) is 6.37. The van der Waals surface area contributed by atoms with Crippen LogP contribution in [0, 0.1) is 23.0 Å². The van der Waals surface area contributed by atoms with E-state index >= 15 is 0 Å². The molecule has 26 heavy (non-hydrogen) atoms. The molecular formula is C20H19F2N3O. The first-order chi connectivity index (χ1) is 12.5. The van der Waals surface area contributed by atoms with E-state index in [-0.39, 0.29) is 17.5 Å². The van der Waals surface area contributed by atoms with E-state index in [1.165, 1.54) is 6.07 Å². The number of carbonyl (C=O) groups is 1. The number of amides is 1. The normalized spacial score (nSPS) is 16.2. The molecule has 0 unspecified atom stereocenters. The van der Waals surface area contributed by atoms with E-state index in [1.807, 2.05) is 18.2 Å². The molecule has 1 saturated heterocycles. The fourth-order valence-corrected chi connectivity index (χ4v) is 3.20. The first-order valence-corrected chi connectivity index (χ1v) is 8.48. The third-order valence-electron chi connectivity index (χ3n) is 4.81. The molecule has 1 amide bonds. The van der Waals surface area contributed by atoms with E-state index < -0.39 is 11.6 Å². The molecule has 0 radical (unpaired) electrons. The van der Waals surface area contributed by atoms with Crippen molar-refractivity contribution in [3.63, 3.8) is 0 Å². The van der Waals surface area contributed by atoms with Crippen molar-refractivity contribution in [2.45, 2.75) is 13.0 Å². The highest BCUT2D eigenvalue weighted by atomic mass is 19.2. The van der Waals surface area contributed by atoms with Gasteiger partial charge in [-0.2, -0.15) is 5.26 Å². The molecule has 1 heterocycles. The second-order valence-corrected chi connectivity index (χ2v) is 6.37. The van der Waals surface area contributed by atoms with Crippen LogP contribution in [0.15, 0.2) is 42.5 Å². The van der Waals surface area contributed by atoms with Gasteiger partial charge in [0.15, 0.2) is 11.6 Å². The zero-order valence-electron chi connectivity index (χ0n) is 14.5. The molecule has 0 aromatic heterocycles. The van der Waals surface area contributed by atoms with Gasteiger partial charge in [0.1, 0.15) is 0 Å². The quantitative estimate of drug-likeness (QED) is 0.848. The molecule has 2 aromatic rings. The maximum absolute atomic E-state index is 13.3. The number of halogens is 2. The van der Waals surface area contributed by atoms with Crippen LogP contribution in [0.5, 0.6) is 0 Å². The number of nitrogens with zero attached hydrogens (tertiary/aromatic N) is 3. The lowest BCUT2D eigenvalue weighted by molar-refractivity contribution is 0.0581. The first kappa shape index (κ1) is 18.0. The van der Waals surface area contributed by atoms with Crippen LogP contribution in [0.25, 0.3) is 0 Å². The average Bonchev–Trinajstić information content (AvgIpc) is 2.69. The Morgan fingerprint density at radius 1 is 1.08 bits per heavy atom. The van der Waals surface area contributed by atoms with Gasteiger partial charge in [0.25, 0.3) is 5.91 Å². The van der Waals surface area contributed by atoms with Crippen molar-refractivity contribution >= 4 is 5.91 Å². The maximum Gasteiger partial charge on any atom is 0.254 e. The van der Waals surface area contributed by atoms with E-state index in [0.29, 0.717) is 31.7 Å². The van der Waals surface area contributed by atoms with Crippen molar-refractivity contribution in [1.29, 1.82) is 5.26 Å². The summed E-state index contributed by atoms with van der Waals surface area (Å²) in [6.45, 7) is 4.45. The molecule has 134 valence electrons. The molecule has 0 saturated carbocycles. The number of hydrogen-bond acceptors (Lipinski definition) is 3. The van der Waals surface area contributed by atoms with E-state index in [2.05, 4.69) is 17.9 Å². The number of rotatable bonds is 3. The molecule has 6 heteroatoms. The van der Waals surface area contributed by atoms with Crippen LogP contribution in [-0.2, 0) is 0 Å². The molecule has 0 bridgehead atoms. The summed E-state index contributed by atoms with van der Waals surface area (Å²) in [7, 11) is 0. The fourth-order valence-electron chi connectivity index (χ4n) is 3.20. The van der Waals surface area contributed by atoms with Gasteiger partial charge in [-0.25, -0.2) is 8.78 Å². The average molecular weight is 355 g/mol. The summed E-state index contributed by atoms with van der Waals surface area (Å²) in [5.74, 6) is -2.26. The molecule has 0 N–H and O–H groups in total. The van der Waals surface area contributed by atoms with Crippen LogP contribution in [-0.4, -0.2) is 41.9 Å². The van der Waals surface area contributed by atoms with E-state index in [4.69, 9.17) is 5.26 Å². The lowest BCUT2D eigenvalue weighted by Gasteiger charge is -2.38. The SMILES string of the molecule is C[C@@H](c1cccc(C#N)c1)N1CCN(C(=O)c2ccc(F)c(F)c2)CC1. The standard InChI is InChI=1S/C20H19F2N3O/c1-14(16-4-2-3-15(11-16)13-23)24-7-9-25(10-8-24)20(26)17-5-6-18(21)19(22)12-17/h2-6,11-12,14H,7-10H2,1H3/t14-/m0/s1. The van der Waals surface area contributed by atoms with Gasteiger partial charge in [-0.1, -0.05) is 12.1 Å². The predicted molar refractivity (Wildman–Crippen MR) is 93.4 cm³/mol. The zero-order valence-corrected chi connectivity index (χ0v) is 14.5. The fraction of sp³-hybridized carbons (Fsp3) is 0.300. The number of carbonyl (C=O) groups excluding carboxylic acids is 1. The van der Waals surface area contributed by atoms with Crippen LogP contribution in [0.4, 0.5) is 8.78 Å². The number of piperazine rings is 1. The predicted octanol–water partition coefficient (Wildman–Crippen LogP) is 3.36. The Balaban J connectivity index is 1.64. The van der Waals surface area contributed by atoms with Crippen molar-refractivity contribution in [3.8, 4) is 6.07 Å². The van der Waals surface area contributed by atoms with Crippen LogP contribution in [0.1, 0.15) is 34.5 Å². The Morgan fingerprint density at radius 3 is 2.46 bits per heavy atom. The van der Waals surface area contributed by atoms with Crippen LogP contribution >= 0.6 is 0 Å². The van der Waals surface area contributed by atoms with Crippen LogP contribution in [0.3, 0.4) is 0 Å². The van der Waals surface area contributed by atoms with Gasteiger partial charge in [-0.3, -0.25) is 9.69 Å². The van der Waals surface area contributed by atoms with E-state index in [9.17, 15) is 13.6 Å². The van der Waals surface area contributed by atoms with Crippen molar-refractivity contribution in [1.82, 2.24) is 9.80 Å². The third kappa shape index (κ3) is 3.73. The van der Waals surface area contributed by atoms with Gasteiger partial charge in [0.05, 0.1) is 11.6 Å². The molecule has 2 aromatic carbocycles. The molecule has 1 aliphatic rings. The van der Waals surface area contributed by atoms with Gasteiger partial charge in [0, 0.05) is 37.8 Å². The summed E-state index contributed by atoms with van der Waals surface area (Å²) in [6, 6.07) is 13.0. The Morgan fingerprint density at radius 2 is 1.81 bits per heavy atom. The van der Waals surface area contributed by atoms with E-state index in [0.717, 1.165) is 17.7 Å². The summed E-state index contributed by atoms with van der Waals surface area (Å²) in [5.41, 5.74) is 1.85. The minimum absolute atomic E-state index is 0.129. The summed E-state index contributed by atoms with van der Waals surface area (Å²) in [5, 5.41) is 9.04. The van der Waals surface area contributed by atoms with Gasteiger partial charge < -0.3 is 4.90 Å². The lowest BCUT2D eigenvalue weighted by atomic mass is 10.0. The molecular weight excluding hydrogens is 336 g/mol. The molecule has 3 rings (SSSR count). The molecule has 0 spiro atoms. The zero-order chi connectivity index (χ0) is 18.7. The Bertz CT molecular complexity index is 854. The summed E-state index contributed by atoms with van der Waals surface area (Å²) >= 11 is 0. The lowest BCUT2D eigenvalue weighted by Crippen LogP contribution is -2.49. The topological polar surface area (TPSA) is 47.3 Å². The molecule has 1 fully saturated rings. The summed E-state index contributed by atoms with van der Waals surface area (Å²) < 4.78 is 26.4. The number of hydrogen-bond donors (Lipinski definition) is 0. The van der Waals surface area contributed by atoms with Crippen LogP contribution < -0.4 is 0 Å². The third-order valence-corrected chi connectivity index (χ3v) is 4.81. The Hall–Kier alpha value is -2.78. The van der Waals surface area contributed by atoms with Gasteiger partial charge in [0.2, 0.25) is 0 Å². The first-order valence-electron chi connectivity index (χ1n) is 8.48. The van der Waals surface area contributed by atoms with Crippen molar-refractivity contribution in [2.24, 2.45) is 0 Å². The largest absolute Gasteiger partial charge is 0.336 e. The minimum atomic E-state index is -1.01. The molecule has 1 aliphatic heterocycles. The van der Waals surface area contributed by atoms with Crippen LogP contribution in [0.2, 0.25) is 0 Å². The summed E-state index contributed by atoms with van der Waals surface area (Å²) in [6.07, 6.45) is 0. The van der Waals surface area contributed by atoms with Crippen molar-refractivity contribution in [3.05, 3.63) is 70.8 Å². The monoisotopic (exact) mass is 355 g/mol. The highest BCUT2D eigenvalue weighted by Gasteiger charge is 2.26. The second kappa shape index (κ2) is 7.63. The van der Waals surface area contributed by atoms with Crippen molar-refractivity contribution in [2.75, 3.05) is 26.2 Å². The number of benzene rings is 2. The minimum Gasteiger partial charge on any atom is -0.336 e. The smallest absolute Gasteiger partial charge is 0.254 e. The Kier molecular flexibility index (Phi) is 5.29. The number of nitriles is 1. The highest BCUT2D eigenvalue weighted by molar-refractivity contribution is 5.94. The molecule has 4 nitrogen and oxygen atoms in total. The van der Waals surface area contributed by atoms with E-state index in [1.54, 1.807) is 11.0 Å². The molecule has 0 aliphatic carbocycles.